The number of rotatable bonds is 5. The molecule has 9 heteroatoms. The Hall–Kier alpha value is -2.55. The van der Waals surface area contributed by atoms with E-state index in [-0.39, 0.29) is 18.4 Å². The fourth-order valence-electron chi connectivity index (χ4n) is 1.81. The molecular formula is C13H14N4O4S. The minimum absolute atomic E-state index is 0.0219. The molecule has 0 fully saturated rings. The molecule has 0 atom stereocenters. The smallest absolute Gasteiger partial charge is 0.233 e. The Balaban J connectivity index is 1.71. The van der Waals surface area contributed by atoms with E-state index in [9.17, 15) is 8.42 Å². The molecule has 1 aromatic heterocycles. The predicted molar refractivity (Wildman–Crippen MR) is 81.0 cm³/mol. The molecule has 1 aliphatic rings. The van der Waals surface area contributed by atoms with E-state index >= 15 is 0 Å². The van der Waals surface area contributed by atoms with Crippen molar-refractivity contribution in [3.63, 3.8) is 0 Å². The summed E-state index contributed by atoms with van der Waals surface area (Å²) in [4.78, 5) is 0. The van der Waals surface area contributed by atoms with Crippen LogP contribution in [0.5, 0.6) is 11.5 Å². The van der Waals surface area contributed by atoms with Gasteiger partial charge in [-0.05, 0) is 31.2 Å². The average Bonchev–Trinajstić information content (AvgIpc) is 2.97. The Bertz CT molecular complexity index is 777. The molecule has 0 radical (unpaired) electrons. The van der Waals surface area contributed by atoms with Gasteiger partial charge in [0.1, 0.15) is 0 Å². The summed E-state index contributed by atoms with van der Waals surface area (Å²) in [5, 5.41) is 10.8. The molecule has 2 aromatic rings. The topological polar surface area (TPSA) is 102 Å². The number of nitrogens with zero attached hydrogens (tertiary/aromatic N) is 2. The third-order valence-corrected chi connectivity index (χ3v) is 4.23. The number of hydrogen-bond acceptors (Lipinski definition) is 7. The first-order valence-corrected chi connectivity index (χ1v) is 8.22. The van der Waals surface area contributed by atoms with E-state index in [1.165, 1.54) is 6.07 Å². The van der Waals surface area contributed by atoms with E-state index in [4.69, 9.17) is 9.47 Å². The number of aromatic nitrogens is 2. The lowest BCUT2D eigenvalue weighted by atomic mass is 10.3. The predicted octanol–water partition coefficient (Wildman–Crippen LogP) is 1.71. The summed E-state index contributed by atoms with van der Waals surface area (Å²) in [6.07, 6.45) is 0. The van der Waals surface area contributed by atoms with Crippen molar-refractivity contribution in [1.29, 1.82) is 0 Å². The minimum Gasteiger partial charge on any atom is -0.454 e. The van der Waals surface area contributed by atoms with Gasteiger partial charge in [0, 0.05) is 11.8 Å². The van der Waals surface area contributed by atoms with Gasteiger partial charge in [-0.3, -0.25) is 4.72 Å². The van der Waals surface area contributed by atoms with Crippen LogP contribution in [0.25, 0.3) is 0 Å². The molecule has 8 nitrogen and oxygen atoms in total. The van der Waals surface area contributed by atoms with Crippen molar-refractivity contribution in [3.8, 4) is 11.5 Å². The van der Waals surface area contributed by atoms with E-state index in [0.29, 0.717) is 17.3 Å². The lowest BCUT2D eigenvalue weighted by Crippen LogP contribution is -2.15. The van der Waals surface area contributed by atoms with Gasteiger partial charge >= 0.3 is 0 Å². The van der Waals surface area contributed by atoms with Crippen LogP contribution in [0.1, 0.15) is 6.92 Å². The fraction of sp³-hybridized carbons (Fsp3) is 0.231. The van der Waals surface area contributed by atoms with Crippen molar-refractivity contribution in [2.45, 2.75) is 6.92 Å². The molecular weight excluding hydrogens is 308 g/mol. The highest BCUT2D eigenvalue weighted by molar-refractivity contribution is 7.92. The lowest BCUT2D eigenvalue weighted by molar-refractivity contribution is 0.174. The van der Waals surface area contributed by atoms with E-state index in [1.807, 2.05) is 6.07 Å². The normalized spacial score (nSPS) is 13.0. The highest BCUT2D eigenvalue weighted by Gasteiger charge is 2.13. The second-order valence-electron chi connectivity index (χ2n) is 4.50. The van der Waals surface area contributed by atoms with E-state index < -0.39 is 10.0 Å². The van der Waals surface area contributed by atoms with E-state index in [1.54, 1.807) is 25.1 Å². The molecule has 0 saturated heterocycles. The number of hydrogen-bond donors (Lipinski definition) is 2. The van der Waals surface area contributed by atoms with Crippen LogP contribution in [0, 0.1) is 0 Å². The Morgan fingerprint density at radius 1 is 1.09 bits per heavy atom. The van der Waals surface area contributed by atoms with Gasteiger partial charge < -0.3 is 14.8 Å². The molecule has 3 rings (SSSR count). The van der Waals surface area contributed by atoms with Crippen molar-refractivity contribution in [2.24, 2.45) is 0 Å². The Morgan fingerprint density at radius 2 is 1.82 bits per heavy atom. The third kappa shape index (κ3) is 3.19. The number of ether oxygens (including phenoxy) is 2. The first-order valence-electron chi connectivity index (χ1n) is 6.56. The second kappa shape index (κ2) is 5.68. The van der Waals surface area contributed by atoms with Crippen LogP contribution >= 0.6 is 0 Å². The van der Waals surface area contributed by atoms with Crippen LogP contribution in [0.2, 0.25) is 0 Å². The van der Waals surface area contributed by atoms with Crippen LogP contribution in [0.4, 0.5) is 17.3 Å². The SMILES string of the molecule is CCS(=O)(=O)Nc1ccc(Nc2ccc3c(c2)OCO3)nn1. The minimum atomic E-state index is -3.35. The van der Waals surface area contributed by atoms with Crippen molar-refractivity contribution in [2.75, 3.05) is 22.6 Å². The summed E-state index contributed by atoms with van der Waals surface area (Å²) in [5.41, 5.74) is 0.764. The van der Waals surface area contributed by atoms with E-state index in [2.05, 4.69) is 20.2 Å². The number of anilines is 3. The first-order chi connectivity index (χ1) is 10.6. The zero-order valence-corrected chi connectivity index (χ0v) is 12.6. The zero-order chi connectivity index (χ0) is 15.6. The maximum absolute atomic E-state index is 11.4. The lowest BCUT2D eigenvalue weighted by Gasteiger charge is -2.07. The molecule has 0 saturated carbocycles. The van der Waals surface area contributed by atoms with Crippen molar-refractivity contribution >= 4 is 27.3 Å². The summed E-state index contributed by atoms with van der Waals surface area (Å²) >= 11 is 0. The Morgan fingerprint density at radius 3 is 2.55 bits per heavy atom. The number of fused-ring (bicyclic) bond motifs is 1. The van der Waals surface area contributed by atoms with Crippen LogP contribution in [0.3, 0.4) is 0 Å². The number of sulfonamides is 1. The zero-order valence-electron chi connectivity index (χ0n) is 11.7. The summed E-state index contributed by atoms with van der Waals surface area (Å²) in [7, 11) is -3.35. The van der Waals surface area contributed by atoms with Gasteiger partial charge in [0.15, 0.2) is 23.1 Å². The monoisotopic (exact) mass is 322 g/mol. The molecule has 0 bridgehead atoms. The molecule has 0 unspecified atom stereocenters. The Kier molecular flexibility index (Phi) is 3.72. The quantitative estimate of drug-likeness (QED) is 0.863. The van der Waals surface area contributed by atoms with Gasteiger partial charge in [-0.25, -0.2) is 8.42 Å². The molecule has 1 aliphatic heterocycles. The average molecular weight is 322 g/mol. The van der Waals surface area contributed by atoms with Gasteiger partial charge in [-0.2, -0.15) is 0 Å². The van der Waals surface area contributed by atoms with Crippen molar-refractivity contribution < 1.29 is 17.9 Å². The molecule has 0 amide bonds. The van der Waals surface area contributed by atoms with E-state index in [0.717, 1.165) is 5.69 Å². The molecule has 2 N–H and O–H groups in total. The number of nitrogens with one attached hydrogen (secondary N) is 2. The molecule has 2 heterocycles. The van der Waals surface area contributed by atoms with Crippen molar-refractivity contribution in [1.82, 2.24) is 10.2 Å². The Labute approximate surface area is 127 Å². The fourth-order valence-corrected chi connectivity index (χ4v) is 2.38. The highest BCUT2D eigenvalue weighted by atomic mass is 32.2. The maximum Gasteiger partial charge on any atom is 0.233 e. The van der Waals surface area contributed by atoms with Crippen LogP contribution in [-0.4, -0.2) is 31.2 Å². The highest BCUT2D eigenvalue weighted by Crippen LogP contribution is 2.34. The largest absolute Gasteiger partial charge is 0.454 e. The molecule has 22 heavy (non-hydrogen) atoms. The van der Waals surface area contributed by atoms with Gasteiger partial charge in [0.25, 0.3) is 0 Å². The van der Waals surface area contributed by atoms with Gasteiger partial charge in [0.2, 0.25) is 16.8 Å². The molecule has 1 aromatic carbocycles. The van der Waals surface area contributed by atoms with Crippen LogP contribution < -0.4 is 19.5 Å². The third-order valence-electron chi connectivity index (χ3n) is 2.95. The van der Waals surface area contributed by atoms with Gasteiger partial charge in [-0.1, -0.05) is 0 Å². The molecule has 0 spiro atoms. The standard InChI is InChI=1S/C13H14N4O4S/c1-2-22(18,19)17-13-6-5-12(15-16-13)14-9-3-4-10-11(7-9)21-8-20-10/h3-7H,2,8H2,1H3,(H,14,15)(H,16,17). The first kappa shape index (κ1) is 14.4. The number of benzene rings is 1. The molecule has 0 aliphatic carbocycles. The van der Waals surface area contributed by atoms with Crippen LogP contribution in [0.15, 0.2) is 30.3 Å². The molecule has 116 valence electrons. The summed E-state index contributed by atoms with van der Waals surface area (Å²) < 4.78 is 35.7. The van der Waals surface area contributed by atoms with Gasteiger partial charge in [0.05, 0.1) is 5.75 Å². The summed E-state index contributed by atoms with van der Waals surface area (Å²) in [5.74, 6) is 1.99. The van der Waals surface area contributed by atoms with Crippen molar-refractivity contribution in [3.05, 3.63) is 30.3 Å². The van der Waals surface area contributed by atoms with Gasteiger partial charge in [-0.15, -0.1) is 10.2 Å². The summed E-state index contributed by atoms with van der Waals surface area (Å²) in [6, 6.07) is 8.57. The van der Waals surface area contributed by atoms with Crippen LogP contribution in [-0.2, 0) is 10.0 Å². The second-order valence-corrected chi connectivity index (χ2v) is 6.51. The maximum atomic E-state index is 11.4. The summed E-state index contributed by atoms with van der Waals surface area (Å²) in [6.45, 7) is 1.76.